The monoisotopic (exact) mass is 447 g/mol. The van der Waals surface area contributed by atoms with Crippen molar-refractivity contribution in [1.82, 2.24) is 19.7 Å². The van der Waals surface area contributed by atoms with Crippen molar-refractivity contribution < 1.29 is 4.79 Å². The van der Waals surface area contributed by atoms with Gasteiger partial charge in [0.05, 0.1) is 16.9 Å². The van der Waals surface area contributed by atoms with Crippen LogP contribution >= 0.6 is 0 Å². The zero-order valence-electron chi connectivity index (χ0n) is 18.0. The number of nitrogens with one attached hydrogen (secondary N) is 3. The molecule has 5 aromatic rings. The van der Waals surface area contributed by atoms with Crippen LogP contribution in [0.25, 0.3) is 16.5 Å². The summed E-state index contributed by atoms with van der Waals surface area (Å²) in [5.74, 6) is 0.517. The average Bonchev–Trinajstić information content (AvgIpc) is 3.29. The molecule has 0 fully saturated rings. The van der Waals surface area contributed by atoms with Gasteiger partial charge in [-0.1, -0.05) is 54.6 Å². The third-order valence-corrected chi connectivity index (χ3v) is 6.89. The number of hydrogen-bond acceptors (Lipinski definition) is 5. The Morgan fingerprint density at radius 1 is 0.853 bits per heavy atom. The molecule has 34 heavy (non-hydrogen) atoms. The molecule has 164 valence electrons. The van der Waals surface area contributed by atoms with Gasteiger partial charge in [0.15, 0.2) is 5.78 Å². The van der Waals surface area contributed by atoms with Crippen LogP contribution in [0.2, 0.25) is 0 Å². The number of nitrogens with zero attached hydrogens (tertiary/aromatic N) is 2. The number of benzene rings is 3. The third kappa shape index (κ3) is 2.08. The van der Waals surface area contributed by atoms with E-state index < -0.39 is 16.7 Å². The summed E-state index contributed by atoms with van der Waals surface area (Å²) in [6.45, 7) is 1.84. The molecule has 8 nitrogen and oxygen atoms in total. The molecular weight excluding hydrogens is 430 g/mol. The van der Waals surface area contributed by atoms with Gasteiger partial charge in [0.1, 0.15) is 17.1 Å². The molecule has 0 amide bonds. The molecule has 1 spiro atoms. The number of anilines is 2. The number of hydrogen-bond donors (Lipinski definition) is 3. The van der Waals surface area contributed by atoms with Gasteiger partial charge in [0.2, 0.25) is 0 Å². The highest BCUT2D eigenvalue weighted by atomic mass is 16.2. The first-order valence-corrected chi connectivity index (χ1v) is 10.9. The Bertz CT molecular complexity index is 1810. The fraction of sp³-hybridized carbons (Fsp3) is 0.0769. The molecule has 0 unspecified atom stereocenters. The summed E-state index contributed by atoms with van der Waals surface area (Å²) in [7, 11) is 0. The summed E-state index contributed by atoms with van der Waals surface area (Å²) >= 11 is 0. The van der Waals surface area contributed by atoms with Gasteiger partial charge in [-0.25, -0.2) is 9.48 Å². The fourth-order valence-corrected chi connectivity index (χ4v) is 5.69. The largest absolute Gasteiger partial charge is 0.327 e. The summed E-state index contributed by atoms with van der Waals surface area (Å²) in [6, 6.07) is 20.8. The van der Waals surface area contributed by atoms with Crippen molar-refractivity contribution in [1.29, 1.82) is 0 Å². The van der Waals surface area contributed by atoms with Crippen LogP contribution in [0.15, 0.2) is 76.3 Å². The normalized spacial score (nSPS) is 17.6. The zero-order chi connectivity index (χ0) is 23.2. The second-order valence-corrected chi connectivity index (χ2v) is 8.63. The van der Waals surface area contributed by atoms with E-state index in [1.165, 1.54) is 0 Å². The molecule has 8 heteroatoms. The summed E-state index contributed by atoms with van der Waals surface area (Å²) in [5, 5.41) is 9.71. The maximum absolute atomic E-state index is 14.4. The number of H-pyrrole nitrogens is 2. The van der Waals surface area contributed by atoms with Crippen molar-refractivity contribution in [3.8, 4) is 5.69 Å². The van der Waals surface area contributed by atoms with E-state index in [0.717, 1.165) is 16.5 Å². The molecule has 1 aliphatic heterocycles. The predicted octanol–water partition coefficient (Wildman–Crippen LogP) is 3.30. The van der Waals surface area contributed by atoms with Crippen molar-refractivity contribution in [2.24, 2.45) is 0 Å². The van der Waals surface area contributed by atoms with E-state index in [1.807, 2.05) is 67.6 Å². The molecule has 0 saturated carbocycles. The minimum atomic E-state index is -1.45. The lowest BCUT2D eigenvalue weighted by atomic mass is 9.67. The Morgan fingerprint density at radius 3 is 2.41 bits per heavy atom. The Morgan fingerprint density at radius 2 is 1.62 bits per heavy atom. The number of ketones is 1. The van der Waals surface area contributed by atoms with E-state index in [4.69, 9.17) is 5.10 Å². The molecule has 3 aromatic carbocycles. The number of para-hydroxylation sites is 1. The first kappa shape index (κ1) is 18.8. The maximum Gasteiger partial charge on any atom is 0.327 e. The first-order chi connectivity index (χ1) is 16.5. The SMILES string of the molecule is Cc1nn(-c2ccccc2)c2c1[C@]1(C(=O)c3cccc4cccc1c34)c1c([nH]c(=O)[nH]c1=O)N2. The zero-order valence-corrected chi connectivity index (χ0v) is 18.0. The van der Waals surface area contributed by atoms with Gasteiger partial charge in [-0.15, -0.1) is 0 Å². The smallest absolute Gasteiger partial charge is 0.326 e. The van der Waals surface area contributed by atoms with Gasteiger partial charge in [-0.3, -0.25) is 19.6 Å². The van der Waals surface area contributed by atoms with Crippen LogP contribution in [0.1, 0.15) is 32.7 Å². The number of aromatic nitrogens is 4. The van der Waals surface area contributed by atoms with Crippen molar-refractivity contribution in [2.45, 2.75) is 12.3 Å². The molecule has 2 aliphatic rings. The number of rotatable bonds is 1. The van der Waals surface area contributed by atoms with Crippen molar-refractivity contribution >= 4 is 28.2 Å². The highest BCUT2D eigenvalue weighted by Gasteiger charge is 2.57. The van der Waals surface area contributed by atoms with E-state index in [9.17, 15) is 14.4 Å². The first-order valence-electron chi connectivity index (χ1n) is 10.9. The lowest BCUT2D eigenvalue weighted by Crippen LogP contribution is -2.45. The minimum absolute atomic E-state index is 0.170. The molecule has 0 bridgehead atoms. The molecule has 1 atom stereocenters. The summed E-state index contributed by atoms with van der Waals surface area (Å²) in [6.07, 6.45) is 0. The van der Waals surface area contributed by atoms with Crippen LogP contribution in [-0.2, 0) is 5.41 Å². The highest BCUT2D eigenvalue weighted by Crippen LogP contribution is 2.56. The molecule has 7 rings (SSSR count). The third-order valence-electron chi connectivity index (χ3n) is 6.89. The van der Waals surface area contributed by atoms with Gasteiger partial charge in [-0.2, -0.15) is 5.10 Å². The summed E-state index contributed by atoms with van der Waals surface area (Å²) in [5.41, 5.74) is 0.715. The average molecular weight is 447 g/mol. The standard InChI is InChI=1S/C26H17N5O3/c1-13-19-23(31(30-13)15-9-3-2-4-10-15)27-22-20(24(33)29-25(34)28-22)26(19)17-12-6-8-14-7-5-11-16(18(14)17)21(26)32/h2-12H,1H3,(H3,27,28,29,33,34)/t26-/m0/s1. The Labute approximate surface area is 191 Å². The van der Waals surface area contributed by atoms with Crippen LogP contribution in [0.4, 0.5) is 11.6 Å². The Balaban J connectivity index is 1.70. The molecule has 3 N–H and O–H groups in total. The van der Waals surface area contributed by atoms with E-state index in [1.54, 1.807) is 10.7 Å². The van der Waals surface area contributed by atoms with Gasteiger partial charge < -0.3 is 5.32 Å². The molecule has 1 aliphatic carbocycles. The van der Waals surface area contributed by atoms with Crippen LogP contribution in [0.5, 0.6) is 0 Å². The minimum Gasteiger partial charge on any atom is -0.326 e. The van der Waals surface area contributed by atoms with Gasteiger partial charge in [0, 0.05) is 11.1 Å². The topological polar surface area (TPSA) is 113 Å². The van der Waals surface area contributed by atoms with Crippen LogP contribution in [0.3, 0.4) is 0 Å². The highest BCUT2D eigenvalue weighted by molar-refractivity contribution is 6.25. The fourth-order valence-electron chi connectivity index (χ4n) is 5.69. The second kappa shape index (κ2) is 6.20. The second-order valence-electron chi connectivity index (χ2n) is 8.63. The van der Waals surface area contributed by atoms with Crippen LogP contribution in [-0.4, -0.2) is 25.5 Å². The van der Waals surface area contributed by atoms with Gasteiger partial charge in [0.25, 0.3) is 5.56 Å². The van der Waals surface area contributed by atoms with E-state index >= 15 is 0 Å². The summed E-state index contributed by atoms with van der Waals surface area (Å²) < 4.78 is 1.71. The Kier molecular flexibility index (Phi) is 3.43. The lowest BCUT2D eigenvalue weighted by Gasteiger charge is -2.35. The number of aryl methyl sites for hydroxylation is 1. The van der Waals surface area contributed by atoms with Crippen molar-refractivity contribution in [2.75, 3.05) is 5.32 Å². The molecule has 3 heterocycles. The van der Waals surface area contributed by atoms with Gasteiger partial charge in [-0.05, 0) is 35.4 Å². The molecule has 0 saturated heterocycles. The molecule has 2 aromatic heterocycles. The molecule has 0 radical (unpaired) electrons. The summed E-state index contributed by atoms with van der Waals surface area (Å²) in [4.78, 5) is 45.1. The van der Waals surface area contributed by atoms with Crippen LogP contribution < -0.4 is 16.6 Å². The Hall–Kier alpha value is -4.72. The van der Waals surface area contributed by atoms with Crippen molar-refractivity contribution in [3.63, 3.8) is 0 Å². The van der Waals surface area contributed by atoms with E-state index in [0.29, 0.717) is 28.2 Å². The van der Waals surface area contributed by atoms with Gasteiger partial charge >= 0.3 is 5.69 Å². The number of fused-ring (bicyclic) bond motifs is 5. The quantitative estimate of drug-likeness (QED) is 0.365. The molecular formula is C26H17N5O3. The number of carbonyl (C=O) groups excluding carboxylic acids is 1. The van der Waals surface area contributed by atoms with Crippen molar-refractivity contribution in [3.05, 3.63) is 116 Å². The predicted molar refractivity (Wildman–Crippen MR) is 127 cm³/mol. The number of Topliss-reactive ketones (excluding diaryl/α,β-unsaturated/α-hetero) is 1. The van der Waals surface area contributed by atoms with E-state index in [2.05, 4.69) is 15.3 Å². The van der Waals surface area contributed by atoms with E-state index in [-0.39, 0.29) is 17.2 Å². The number of aromatic amines is 2. The number of carbonyl (C=O) groups is 1. The maximum atomic E-state index is 14.4. The lowest BCUT2D eigenvalue weighted by molar-refractivity contribution is 0.0943. The van der Waals surface area contributed by atoms with Crippen LogP contribution in [0, 0.1) is 6.92 Å².